The summed E-state index contributed by atoms with van der Waals surface area (Å²) in [5.41, 5.74) is 1.62. The third-order valence-corrected chi connectivity index (χ3v) is 5.13. The van der Waals surface area contributed by atoms with E-state index >= 15 is 0 Å². The number of esters is 1. The Hall–Kier alpha value is -3.00. The lowest BCUT2D eigenvalue weighted by Gasteiger charge is -2.19. The first kappa shape index (κ1) is 19.8. The van der Waals surface area contributed by atoms with Gasteiger partial charge in [-0.05, 0) is 68.1 Å². The molecule has 28 heavy (non-hydrogen) atoms. The predicted molar refractivity (Wildman–Crippen MR) is 106 cm³/mol. The van der Waals surface area contributed by atoms with Crippen molar-refractivity contribution in [2.45, 2.75) is 19.9 Å². The molecule has 0 radical (unpaired) electrons. The Kier molecular flexibility index (Phi) is 5.89. The third kappa shape index (κ3) is 3.82. The number of hydrogen-bond acceptors (Lipinski definition) is 6. The summed E-state index contributed by atoms with van der Waals surface area (Å²) in [5, 5.41) is -0.487. The average molecular weight is 400 g/mol. The van der Waals surface area contributed by atoms with Crippen LogP contribution in [0.15, 0.2) is 47.5 Å². The lowest BCUT2D eigenvalue weighted by Crippen LogP contribution is -2.42. The van der Waals surface area contributed by atoms with Crippen molar-refractivity contribution in [1.82, 2.24) is 9.47 Å². The summed E-state index contributed by atoms with van der Waals surface area (Å²) < 4.78 is 12.0. The SMILES string of the molecule is CCOC(=O)[C@@H](C)N1C(=O)S/C(=C/c2cccn2-c2ccc(OC)cc2)C1=O. The summed E-state index contributed by atoms with van der Waals surface area (Å²) in [6, 6.07) is 10.2. The highest BCUT2D eigenvalue weighted by atomic mass is 32.2. The Bertz CT molecular complexity index is 932. The molecule has 7 nitrogen and oxygen atoms in total. The highest BCUT2D eigenvalue weighted by Gasteiger charge is 2.41. The first-order valence-electron chi connectivity index (χ1n) is 8.71. The van der Waals surface area contributed by atoms with Crippen LogP contribution in [-0.4, -0.2) is 46.3 Å². The summed E-state index contributed by atoms with van der Waals surface area (Å²) >= 11 is 0.811. The van der Waals surface area contributed by atoms with Gasteiger partial charge in [0, 0.05) is 17.6 Å². The predicted octanol–water partition coefficient (Wildman–Crippen LogP) is 3.47. The number of aromatic nitrogens is 1. The van der Waals surface area contributed by atoms with Crippen molar-refractivity contribution in [3.63, 3.8) is 0 Å². The zero-order valence-electron chi connectivity index (χ0n) is 15.7. The summed E-state index contributed by atoms with van der Waals surface area (Å²) in [6.45, 7) is 3.34. The molecule has 0 spiro atoms. The van der Waals surface area contributed by atoms with Crippen molar-refractivity contribution in [2.75, 3.05) is 13.7 Å². The van der Waals surface area contributed by atoms with Crippen LogP contribution < -0.4 is 4.74 Å². The van der Waals surface area contributed by atoms with Crippen LogP contribution in [0.25, 0.3) is 11.8 Å². The molecule has 2 amide bonds. The van der Waals surface area contributed by atoms with Gasteiger partial charge >= 0.3 is 5.97 Å². The molecule has 8 heteroatoms. The fourth-order valence-electron chi connectivity index (χ4n) is 2.81. The van der Waals surface area contributed by atoms with Crippen LogP contribution >= 0.6 is 11.8 Å². The fraction of sp³-hybridized carbons (Fsp3) is 0.250. The van der Waals surface area contributed by atoms with Crippen molar-refractivity contribution in [2.24, 2.45) is 0 Å². The largest absolute Gasteiger partial charge is 0.497 e. The van der Waals surface area contributed by atoms with Gasteiger partial charge in [0.1, 0.15) is 11.8 Å². The quantitative estimate of drug-likeness (QED) is 0.546. The van der Waals surface area contributed by atoms with E-state index in [9.17, 15) is 14.4 Å². The number of ether oxygens (including phenoxy) is 2. The maximum Gasteiger partial charge on any atom is 0.329 e. The van der Waals surface area contributed by atoms with Gasteiger partial charge in [-0.25, -0.2) is 4.79 Å². The Labute approximate surface area is 166 Å². The lowest BCUT2D eigenvalue weighted by atomic mass is 10.2. The van der Waals surface area contributed by atoms with Gasteiger partial charge in [-0.15, -0.1) is 0 Å². The van der Waals surface area contributed by atoms with Crippen LogP contribution in [-0.2, 0) is 14.3 Å². The summed E-state index contributed by atoms with van der Waals surface area (Å²) in [4.78, 5) is 38.1. The van der Waals surface area contributed by atoms with Gasteiger partial charge in [-0.2, -0.15) is 0 Å². The number of methoxy groups -OCH3 is 1. The van der Waals surface area contributed by atoms with Crippen molar-refractivity contribution in [1.29, 1.82) is 0 Å². The van der Waals surface area contributed by atoms with Crippen molar-refractivity contribution < 1.29 is 23.9 Å². The summed E-state index contributed by atoms with van der Waals surface area (Å²) in [5.74, 6) is -0.364. The fourth-order valence-corrected chi connectivity index (χ4v) is 3.70. The number of carbonyl (C=O) groups is 3. The molecule has 3 rings (SSSR count). The van der Waals surface area contributed by atoms with E-state index in [1.807, 2.05) is 47.2 Å². The van der Waals surface area contributed by atoms with Crippen LogP contribution in [0.3, 0.4) is 0 Å². The van der Waals surface area contributed by atoms with E-state index in [0.717, 1.165) is 33.8 Å². The van der Waals surface area contributed by atoms with E-state index in [4.69, 9.17) is 9.47 Å². The van der Waals surface area contributed by atoms with E-state index < -0.39 is 23.2 Å². The monoisotopic (exact) mass is 400 g/mol. The number of benzene rings is 1. The second-order valence-electron chi connectivity index (χ2n) is 5.98. The Balaban J connectivity index is 1.87. The van der Waals surface area contributed by atoms with Crippen molar-refractivity contribution in [3.8, 4) is 11.4 Å². The van der Waals surface area contributed by atoms with Gasteiger partial charge in [0.2, 0.25) is 0 Å². The van der Waals surface area contributed by atoms with Gasteiger partial charge in [-0.3, -0.25) is 14.5 Å². The molecule has 1 saturated heterocycles. The molecule has 2 heterocycles. The minimum Gasteiger partial charge on any atom is -0.497 e. The lowest BCUT2D eigenvalue weighted by molar-refractivity contribution is -0.150. The number of hydrogen-bond donors (Lipinski definition) is 0. The molecule has 0 N–H and O–H groups in total. The number of thioether (sulfide) groups is 1. The molecule has 2 aromatic rings. The Morgan fingerprint density at radius 2 is 1.93 bits per heavy atom. The number of carbonyl (C=O) groups excluding carboxylic acids is 3. The van der Waals surface area contributed by atoms with E-state index in [2.05, 4.69) is 0 Å². The molecule has 1 aromatic carbocycles. The maximum atomic E-state index is 12.7. The molecule has 0 unspecified atom stereocenters. The average Bonchev–Trinajstić information content (AvgIpc) is 3.26. The standard InChI is InChI=1S/C20H20N2O5S/c1-4-27-19(24)13(2)22-18(23)17(28-20(22)25)12-15-6-5-11-21(15)14-7-9-16(26-3)10-8-14/h5-13H,4H2,1-3H3/b17-12+/t13-/m1/s1. The highest BCUT2D eigenvalue weighted by molar-refractivity contribution is 8.18. The molecule has 1 aliphatic heterocycles. The van der Waals surface area contributed by atoms with Gasteiger partial charge in [0.15, 0.2) is 0 Å². The minimum atomic E-state index is -0.966. The number of rotatable bonds is 6. The maximum absolute atomic E-state index is 12.7. The Morgan fingerprint density at radius 1 is 1.21 bits per heavy atom. The molecule has 0 saturated carbocycles. The van der Waals surface area contributed by atoms with Gasteiger partial charge in [-0.1, -0.05) is 0 Å². The second kappa shape index (κ2) is 8.35. The minimum absolute atomic E-state index is 0.185. The normalized spacial score (nSPS) is 16.5. The van der Waals surface area contributed by atoms with Crippen LogP contribution in [0.5, 0.6) is 5.75 Å². The highest BCUT2D eigenvalue weighted by Crippen LogP contribution is 2.34. The molecule has 0 bridgehead atoms. The first-order chi connectivity index (χ1) is 13.5. The van der Waals surface area contributed by atoms with Crippen LogP contribution in [0, 0.1) is 0 Å². The molecule has 1 atom stereocenters. The van der Waals surface area contributed by atoms with Gasteiger partial charge in [0.25, 0.3) is 11.1 Å². The summed E-state index contributed by atoms with van der Waals surface area (Å²) in [6.07, 6.45) is 3.51. The second-order valence-corrected chi connectivity index (χ2v) is 6.97. The molecule has 0 aliphatic carbocycles. The van der Waals surface area contributed by atoms with E-state index in [1.165, 1.54) is 6.92 Å². The van der Waals surface area contributed by atoms with E-state index in [1.54, 1.807) is 20.1 Å². The topological polar surface area (TPSA) is 77.8 Å². The first-order valence-corrected chi connectivity index (χ1v) is 9.53. The molecule has 146 valence electrons. The van der Waals surface area contributed by atoms with Crippen LogP contribution in [0.4, 0.5) is 4.79 Å². The number of amides is 2. The third-order valence-electron chi connectivity index (χ3n) is 4.25. The summed E-state index contributed by atoms with van der Waals surface area (Å²) in [7, 11) is 1.60. The molecular weight excluding hydrogens is 380 g/mol. The van der Waals surface area contributed by atoms with Gasteiger partial charge in [0.05, 0.1) is 18.6 Å². The van der Waals surface area contributed by atoms with E-state index in [0.29, 0.717) is 0 Å². The zero-order chi connectivity index (χ0) is 20.3. The van der Waals surface area contributed by atoms with Crippen LogP contribution in [0.2, 0.25) is 0 Å². The van der Waals surface area contributed by atoms with Crippen molar-refractivity contribution in [3.05, 3.63) is 53.2 Å². The molecule has 1 aromatic heterocycles. The number of nitrogens with zero attached hydrogens (tertiary/aromatic N) is 2. The van der Waals surface area contributed by atoms with Crippen LogP contribution in [0.1, 0.15) is 19.5 Å². The number of imide groups is 1. The zero-order valence-corrected chi connectivity index (χ0v) is 16.6. The van der Waals surface area contributed by atoms with Gasteiger partial charge < -0.3 is 14.0 Å². The molecule has 1 aliphatic rings. The molecular formula is C20H20N2O5S. The Morgan fingerprint density at radius 3 is 2.57 bits per heavy atom. The smallest absolute Gasteiger partial charge is 0.329 e. The van der Waals surface area contributed by atoms with Crippen molar-refractivity contribution >= 4 is 35.0 Å². The van der Waals surface area contributed by atoms with E-state index in [-0.39, 0.29) is 11.5 Å². The molecule has 1 fully saturated rings.